The molecule has 1 aromatic carbocycles. The van der Waals surface area contributed by atoms with E-state index >= 15 is 0 Å². The number of benzene rings is 1. The second-order valence-electron chi connectivity index (χ2n) is 6.97. The average Bonchev–Trinajstić information content (AvgIpc) is 3.17. The van der Waals surface area contributed by atoms with Crippen LogP contribution in [0, 0.1) is 5.92 Å². The largest absolute Gasteiger partial charge is 0.497 e. The summed E-state index contributed by atoms with van der Waals surface area (Å²) < 4.78 is 5.44. The van der Waals surface area contributed by atoms with Crippen LogP contribution in [0.5, 0.6) is 5.75 Å². The lowest BCUT2D eigenvalue weighted by Crippen LogP contribution is -2.47. The number of likely N-dealkylation sites (tertiary alicyclic amines) is 1. The fourth-order valence-electron chi connectivity index (χ4n) is 4.34. The summed E-state index contributed by atoms with van der Waals surface area (Å²) in [4.78, 5) is 5.20. The molecule has 2 aliphatic heterocycles. The lowest BCUT2D eigenvalue weighted by atomic mass is 9.81. The Morgan fingerprint density at radius 2 is 2.15 bits per heavy atom. The Morgan fingerprint density at radius 3 is 2.85 bits per heavy atom. The molecule has 3 heteroatoms. The smallest absolute Gasteiger partial charge is 0.119 e. The van der Waals surface area contributed by atoms with Crippen LogP contribution < -0.4 is 9.64 Å². The molecule has 0 bridgehead atoms. The van der Waals surface area contributed by atoms with Gasteiger partial charge in [-0.2, -0.15) is 0 Å². The highest BCUT2D eigenvalue weighted by molar-refractivity contribution is 5.66. The number of hydrogen-bond acceptors (Lipinski definition) is 3. The molecule has 0 amide bonds. The summed E-state index contributed by atoms with van der Waals surface area (Å²) in [6, 6.07) is 6.57. The predicted octanol–water partition coefficient (Wildman–Crippen LogP) is 2.84. The van der Waals surface area contributed by atoms with E-state index in [9.17, 15) is 0 Å². The predicted molar refractivity (Wildman–Crippen MR) is 81.5 cm³/mol. The number of fused-ring (bicyclic) bond motifs is 3. The maximum atomic E-state index is 5.44. The normalized spacial score (nSPS) is 32.4. The molecule has 4 rings (SSSR count). The van der Waals surface area contributed by atoms with Crippen LogP contribution in [0.25, 0.3) is 0 Å². The fraction of sp³-hybridized carbons (Fsp3) is 0.647. The number of ether oxygens (including phenoxy) is 1. The van der Waals surface area contributed by atoms with Crippen LogP contribution in [0.2, 0.25) is 0 Å². The van der Waals surface area contributed by atoms with Gasteiger partial charge in [0.2, 0.25) is 0 Å². The van der Waals surface area contributed by atoms with Crippen LogP contribution in [-0.4, -0.2) is 38.3 Å². The van der Waals surface area contributed by atoms with Crippen LogP contribution in [0.4, 0.5) is 5.69 Å². The van der Waals surface area contributed by atoms with Crippen LogP contribution >= 0.6 is 0 Å². The van der Waals surface area contributed by atoms with Gasteiger partial charge in [-0.05, 0) is 48.9 Å². The Balaban J connectivity index is 1.72. The third-order valence-electron chi connectivity index (χ3n) is 5.59. The monoisotopic (exact) mass is 272 g/mol. The van der Waals surface area contributed by atoms with Gasteiger partial charge in [0.25, 0.3) is 0 Å². The number of anilines is 1. The molecule has 0 spiro atoms. The highest BCUT2D eigenvalue weighted by Gasteiger charge is 2.53. The van der Waals surface area contributed by atoms with Gasteiger partial charge in [-0.1, -0.05) is 6.92 Å². The Morgan fingerprint density at radius 1 is 1.35 bits per heavy atom. The molecule has 2 heterocycles. The SMILES string of the molecule is COc1ccc2c(c1)C1(C)CCN(CC3CC3)C1N2C. The third-order valence-corrected chi connectivity index (χ3v) is 5.59. The number of nitrogens with zero attached hydrogens (tertiary/aromatic N) is 2. The maximum Gasteiger partial charge on any atom is 0.119 e. The molecule has 3 nitrogen and oxygen atoms in total. The van der Waals surface area contributed by atoms with Crippen molar-refractivity contribution in [1.82, 2.24) is 4.90 Å². The molecule has 0 N–H and O–H groups in total. The highest BCUT2D eigenvalue weighted by atomic mass is 16.5. The summed E-state index contributed by atoms with van der Waals surface area (Å²) in [5.74, 6) is 1.95. The standard InChI is InChI=1S/C17H24N2O/c1-17-8-9-19(11-12-4-5-12)16(17)18(2)15-7-6-13(20-3)10-14(15)17/h6-7,10,12,16H,4-5,8-9,11H2,1-3H3. The summed E-state index contributed by atoms with van der Waals surface area (Å²) in [6.45, 7) is 4.96. The van der Waals surface area contributed by atoms with Crippen LogP contribution in [0.3, 0.4) is 0 Å². The van der Waals surface area contributed by atoms with Crippen molar-refractivity contribution >= 4 is 5.69 Å². The first-order valence-electron chi connectivity index (χ1n) is 7.79. The fourth-order valence-corrected chi connectivity index (χ4v) is 4.34. The van der Waals surface area contributed by atoms with Gasteiger partial charge >= 0.3 is 0 Å². The van der Waals surface area contributed by atoms with E-state index in [0.29, 0.717) is 6.17 Å². The molecule has 2 fully saturated rings. The molecular weight excluding hydrogens is 248 g/mol. The van der Waals surface area contributed by atoms with Gasteiger partial charge in [-0.25, -0.2) is 0 Å². The Hall–Kier alpha value is -1.22. The molecule has 1 aliphatic carbocycles. The molecule has 1 saturated heterocycles. The first-order valence-corrected chi connectivity index (χ1v) is 7.79. The maximum absolute atomic E-state index is 5.44. The Labute approximate surface area is 121 Å². The van der Waals surface area contributed by atoms with Crippen molar-refractivity contribution in [2.45, 2.75) is 37.8 Å². The van der Waals surface area contributed by atoms with Gasteiger partial charge in [-0.15, -0.1) is 0 Å². The topological polar surface area (TPSA) is 15.7 Å². The van der Waals surface area contributed by atoms with Crippen molar-refractivity contribution in [3.05, 3.63) is 23.8 Å². The minimum Gasteiger partial charge on any atom is -0.497 e. The zero-order valence-corrected chi connectivity index (χ0v) is 12.7. The van der Waals surface area contributed by atoms with Crippen molar-refractivity contribution in [3.63, 3.8) is 0 Å². The van der Waals surface area contributed by atoms with Gasteiger partial charge in [0.1, 0.15) is 5.75 Å². The first kappa shape index (κ1) is 12.5. The van der Waals surface area contributed by atoms with Gasteiger partial charge < -0.3 is 9.64 Å². The van der Waals surface area contributed by atoms with E-state index in [4.69, 9.17) is 4.74 Å². The molecular formula is C17H24N2O. The van der Waals surface area contributed by atoms with Gasteiger partial charge in [-0.3, -0.25) is 4.90 Å². The van der Waals surface area contributed by atoms with Crippen LogP contribution in [0.1, 0.15) is 31.7 Å². The van der Waals surface area contributed by atoms with Crippen molar-refractivity contribution in [2.24, 2.45) is 5.92 Å². The van der Waals surface area contributed by atoms with E-state index in [1.54, 1.807) is 7.11 Å². The Bertz CT molecular complexity index is 540. The first-order chi connectivity index (χ1) is 9.63. The summed E-state index contributed by atoms with van der Waals surface area (Å²) in [5.41, 5.74) is 3.12. The summed E-state index contributed by atoms with van der Waals surface area (Å²) in [6.07, 6.45) is 4.66. The van der Waals surface area contributed by atoms with Crippen molar-refractivity contribution < 1.29 is 4.74 Å². The minimum atomic E-state index is 0.257. The van der Waals surface area contributed by atoms with E-state index in [-0.39, 0.29) is 5.41 Å². The van der Waals surface area contributed by atoms with Crippen molar-refractivity contribution in [1.29, 1.82) is 0 Å². The molecule has 2 atom stereocenters. The Kier molecular flexibility index (Phi) is 2.59. The molecule has 1 aromatic rings. The quantitative estimate of drug-likeness (QED) is 0.841. The zero-order chi connectivity index (χ0) is 13.9. The van der Waals surface area contributed by atoms with Gasteiger partial charge in [0.05, 0.1) is 13.3 Å². The second kappa shape index (κ2) is 4.14. The van der Waals surface area contributed by atoms with E-state index in [2.05, 4.69) is 42.0 Å². The third kappa shape index (κ3) is 1.62. The summed E-state index contributed by atoms with van der Waals surface area (Å²) >= 11 is 0. The number of rotatable bonds is 3. The van der Waals surface area contributed by atoms with E-state index in [1.165, 1.54) is 43.6 Å². The van der Waals surface area contributed by atoms with E-state index in [1.807, 2.05) is 0 Å². The second-order valence-corrected chi connectivity index (χ2v) is 6.97. The molecule has 0 aromatic heterocycles. The number of hydrogen-bond donors (Lipinski definition) is 0. The van der Waals surface area contributed by atoms with Crippen LogP contribution in [0.15, 0.2) is 18.2 Å². The zero-order valence-electron chi connectivity index (χ0n) is 12.7. The number of likely N-dealkylation sites (N-methyl/N-ethyl adjacent to an activating group) is 1. The average molecular weight is 272 g/mol. The van der Waals surface area contributed by atoms with E-state index in [0.717, 1.165) is 11.7 Å². The lowest BCUT2D eigenvalue weighted by Gasteiger charge is -2.34. The van der Waals surface area contributed by atoms with Crippen molar-refractivity contribution in [3.8, 4) is 5.75 Å². The molecule has 0 radical (unpaired) electrons. The van der Waals surface area contributed by atoms with E-state index < -0.39 is 0 Å². The molecule has 108 valence electrons. The molecule has 2 unspecified atom stereocenters. The van der Waals surface area contributed by atoms with Crippen LogP contribution in [-0.2, 0) is 5.41 Å². The van der Waals surface area contributed by atoms with Crippen molar-refractivity contribution in [2.75, 3.05) is 32.1 Å². The molecule has 1 saturated carbocycles. The van der Waals surface area contributed by atoms with Gasteiger partial charge in [0.15, 0.2) is 0 Å². The number of methoxy groups -OCH3 is 1. The summed E-state index contributed by atoms with van der Waals surface area (Å²) in [5, 5.41) is 0. The lowest BCUT2D eigenvalue weighted by molar-refractivity contribution is 0.215. The summed E-state index contributed by atoms with van der Waals surface area (Å²) in [7, 11) is 4.01. The molecule has 3 aliphatic rings. The minimum absolute atomic E-state index is 0.257. The highest BCUT2D eigenvalue weighted by Crippen LogP contribution is 2.52. The molecule has 20 heavy (non-hydrogen) atoms. The van der Waals surface area contributed by atoms with Gasteiger partial charge in [0, 0.05) is 31.2 Å².